The molecule has 1 aliphatic rings. The van der Waals surface area contributed by atoms with Gasteiger partial charge in [-0.05, 0) is 28.5 Å². The molecule has 3 aromatic rings. The third-order valence-electron chi connectivity index (χ3n) is 4.64. The number of rotatable bonds is 4. The summed E-state index contributed by atoms with van der Waals surface area (Å²) in [5.41, 5.74) is 2.20. The number of carbonyl (C=O) groups excluding carboxylic acids is 1. The number of methoxy groups -OCH3 is 1. The van der Waals surface area contributed by atoms with Crippen molar-refractivity contribution in [1.29, 1.82) is 0 Å². The van der Waals surface area contributed by atoms with E-state index in [2.05, 4.69) is 5.32 Å². The number of ketones is 1. The van der Waals surface area contributed by atoms with Crippen LogP contribution in [-0.2, 0) is 9.53 Å². The minimum Gasteiger partial charge on any atom is -0.497 e. The molecule has 0 aliphatic carbocycles. The van der Waals surface area contributed by atoms with E-state index in [-0.39, 0.29) is 5.78 Å². The average Bonchev–Trinajstić information content (AvgIpc) is 3.03. The van der Waals surface area contributed by atoms with Gasteiger partial charge in [0.2, 0.25) is 5.78 Å². The van der Waals surface area contributed by atoms with Gasteiger partial charge in [-0.2, -0.15) is 0 Å². The van der Waals surface area contributed by atoms with E-state index in [4.69, 9.17) is 9.47 Å². The number of ether oxygens (including phenoxy) is 2. The first kappa shape index (κ1) is 16.2. The molecule has 0 saturated heterocycles. The smallest absolute Gasteiger partial charge is 0.213 e. The molecule has 1 aliphatic heterocycles. The molecule has 0 fully saturated rings. The Labute approximate surface area is 152 Å². The third kappa shape index (κ3) is 2.60. The zero-order valence-corrected chi connectivity index (χ0v) is 14.7. The fourth-order valence-corrected chi connectivity index (χ4v) is 3.39. The zero-order valence-electron chi connectivity index (χ0n) is 14.7. The van der Waals surface area contributed by atoms with Crippen LogP contribution in [0, 0.1) is 0 Å². The number of benzene rings is 3. The average molecular weight is 345 g/mol. The molecule has 3 aromatic carbocycles. The van der Waals surface area contributed by atoms with Crippen molar-refractivity contribution < 1.29 is 14.3 Å². The van der Waals surface area contributed by atoms with Crippen LogP contribution in [0.15, 0.2) is 72.6 Å². The summed E-state index contributed by atoms with van der Waals surface area (Å²) < 4.78 is 11.3. The van der Waals surface area contributed by atoms with E-state index in [1.165, 1.54) is 0 Å². The lowest BCUT2D eigenvalue weighted by atomic mass is 9.94. The number of hydrogen-bond acceptors (Lipinski definition) is 4. The van der Waals surface area contributed by atoms with Crippen molar-refractivity contribution in [2.24, 2.45) is 0 Å². The molecule has 1 unspecified atom stereocenters. The van der Waals surface area contributed by atoms with Crippen LogP contribution in [0.4, 0.5) is 0 Å². The summed E-state index contributed by atoms with van der Waals surface area (Å²) in [6.07, 6.45) is -0.662. The molecule has 0 amide bonds. The molecule has 4 nitrogen and oxygen atoms in total. The van der Waals surface area contributed by atoms with Gasteiger partial charge >= 0.3 is 0 Å². The van der Waals surface area contributed by atoms with Crippen molar-refractivity contribution in [3.05, 3.63) is 83.7 Å². The Kier molecular flexibility index (Phi) is 4.09. The molecule has 130 valence electrons. The Hall–Kier alpha value is -3.27. The Morgan fingerprint density at radius 2 is 1.77 bits per heavy atom. The van der Waals surface area contributed by atoms with Gasteiger partial charge in [-0.15, -0.1) is 0 Å². The summed E-state index contributed by atoms with van der Waals surface area (Å²) in [6.45, 7) is 0. The van der Waals surface area contributed by atoms with Gasteiger partial charge in [-0.1, -0.05) is 54.6 Å². The molecule has 0 saturated carbocycles. The van der Waals surface area contributed by atoms with Crippen LogP contribution < -0.4 is 10.1 Å². The predicted octanol–water partition coefficient (Wildman–Crippen LogP) is 4.08. The molecular weight excluding hydrogens is 326 g/mol. The van der Waals surface area contributed by atoms with Crippen molar-refractivity contribution in [2.45, 2.75) is 6.10 Å². The molecule has 0 bridgehead atoms. The number of fused-ring (bicyclic) bond motifs is 1. The Morgan fingerprint density at radius 1 is 1.00 bits per heavy atom. The largest absolute Gasteiger partial charge is 0.497 e. The van der Waals surface area contributed by atoms with Gasteiger partial charge in [-0.25, -0.2) is 0 Å². The molecule has 4 heteroatoms. The first-order valence-corrected chi connectivity index (χ1v) is 8.48. The number of hydrogen-bond donors (Lipinski definition) is 1. The SMILES string of the molecule is CNC1=C(c2cccc(OC)c2)C(=O)C(c2cccc3ccccc23)O1. The lowest BCUT2D eigenvalue weighted by molar-refractivity contribution is -0.120. The van der Waals surface area contributed by atoms with Crippen LogP contribution >= 0.6 is 0 Å². The molecule has 0 spiro atoms. The minimum atomic E-state index is -0.662. The van der Waals surface area contributed by atoms with Gasteiger partial charge in [0, 0.05) is 12.6 Å². The minimum absolute atomic E-state index is 0.0565. The maximum absolute atomic E-state index is 13.3. The topological polar surface area (TPSA) is 47.6 Å². The van der Waals surface area contributed by atoms with E-state index < -0.39 is 6.10 Å². The number of nitrogens with one attached hydrogen (secondary N) is 1. The lowest BCUT2D eigenvalue weighted by Gasteiger charge is -2.14. The van der Waals surface area contributed by atoms with E-state index in [0.29, 0.717) is 17.2 Å². The van der Waals surface area contributed by atoms with E-state index in [0.717, 1.165) is 21.9 Å². The second-order valence-electron chi connectivity index (χ2n) is 6.12. The van der Waals surface area contributed by atoms with Gasteiger partial charge in [-0.3, -0.25) is 4.79 Å². The van der Waals surface area contributed by atoms with Gasteiger partial charge in [0.05, 0.1) is 12.7 Å². The van der Waals surface area contributed by atoms with Crippen molar-refractivity contribution in [3.63, 3.8) is 0 Å². The molecule has 1 N–H and O–H groups in total. The Balaban J connectivity index is 1.79. The molecule has 0 aromatic heterocycles. The van der Waals surface area contributed by atoms with E-state index in [1.807, 2.05) is 66.7 Å². The number of carbonyl (C=O) groups is 1. The van der Waals surface area contributed by atoms with Crippen LogP contribution in [0.25, 0.3) is 16.3 Å². The molecule has 1 atom stereocenters. The van der Waals surface area contributed by atoms with E-state index in [9.17, 15) is 4.79 Å². The Bertz CT molecular complexity index is 1020. The van der Waals surface area contributed by atoms with Gasteiger partial charge in [0.25, 0.3) is 0 Å². The quantitative estimate of drug-likeness (QED) is 0.774. The highest BCUT2D eigenvalue weighted by molar-refractivity contribution is 6.25. The highest BCUT2D eigenvalue weighted by Gasteiger charge is 2.37. The van der Waals surface area contributed by atoms with Crippen LogP contribution in [0.3, 0.4) is 0 Å². The maximum Gasteiger partial charge on any atom is 0.213 e. The lowest BCUT2D eigenvalue weighted by Crippen LogP contribution is -2.10. The summed E-state index contributed by atoms with van der Waals surface area (Å²) >= 11 is 0. The molecular formula is C22H19NO3. The molecule has 4 rings (SSSR count). The normalized spacial score (nSPS) is 16.7. The summed E-state index contributed by atoms with van der Waals surface area (Å²) in [5.74, 6) is 1.13. The van der Waals surface area contributed by atoms with Crippen molar-refractivity contribution in [1.82, 2.24) is 5.32 Å². The van der Waals surface area contributed by atoms with Crippen molar-refractivity contribution in [2.75, 3.05) is 14.2 Å². The second kappa shape index (κ2) is 6.56. The predicted molar refractivity (Wildman–Crippen MR) is 102 cm³/mol. The summed E-state index contributed by atoms with van der Waals surface area (Å²) in [6, 6.07) is 21.4. The van der Waals surface area contributed by atoms with Crippen molar-refractivity contribution >= 4 is 22.1 Å². The first-order chi connectivity index (χ1) is 12.7. The Morgan fingerprint density at radius 3 is 2.58 bits per heavy atom. The molecule has 0 radical (unpaired) electrons. The van der Waals surface area contributed by atoms with Crippen LogP contribution in [0.2, 0.25) is 0 Å². The first-order valence-electron chi connectivity index (χ1n) is 8.48. The van der Waals surface area contributed by atoms with E-state index >= 15 is 0 Å². The highest BCUT2D eigenvalue weighted by atomic mass is 16.5. The third-order valence-corrected chi connectivity index (χ3v) is 4.64. The van der Waals surface area contributed by atoms with E-state index in [1.54, 1.807) is 14.2 Å². The summed E-state index contributed by atoms with van der Waals surface area (Å²) in [5, 5.41) is 5.13. The molecule has 26 heavy (non-hydrogen) atoms. The van der Waals surface area contributed by atoms with Gasteiger partial charge in [0.15, 0.2) is 12.0 Å². The fraction of sp³-hybridized carbons (Fsp3) is 0.136. The van der Waals surface area contributed by atoms with Gasteiger partial charge in [0.1, 0.15) is 5.75 Å². The van der Waals surface area contributed by atoms with Crippen molar-refractivity contribution in [3.8, 4) is 5.75 Å². The van der Waals surface area contributed by atoms with Crippen LogP contribution in [-0.4, -0.2) is 19.9 Å². The molecule has 1 heterocycles. The zero-order chi connectivity index (χ0) is 18.1. The standard InChI is InChI=1S/C22H19NO3/c1-23-22-19(15-9-5-10-16(13-15)25-2)20(24)21(26-22)18-12-6-8-14-7-3-4-11-17(14)18/h3-13,21,23H,1-2H3. The summed E-state index contributed by atoms with van der Waals surface area (Å²) in [7, 11) is 3.37. The maximum atomic E-state index is 13.3. The van der Waals surface area contributed by atoms with Crippen LogP contribution in [0.1, 0.15) is 17.2 Å². The van der Waals surface area contributed by atoms with Gasteiger partial charge < -0.3 is 14.8 Å². The highest BCUT2D eigenvalue weighted by Crippen LogP contribution is 2.39. The summed E-state index contributed by atoms with van der Waals surface area (Å²) in [4.78, 5) is 13.3. The monoisotopic (exact) mass is 345 g/mol. The fourth-order valence-electron chi connectivity index (χ4n) is 3.39. The second-order valence-corrected chi connectivity index (χ2v) is 6.12. The number of Topliss-reactive ketones (excluding diaryl/α,β-unsaturated/α-hetero) is 1. The van der Waals surface area contributed by atoms with Crippen LogP contribution in [0.5, 0.6) is 5.75 Å².